The maximum Gasteiger partial charge on any atom is 0.348 e. The van der Waals surface area contributed by atoms with Gasteiger partial charge in [0.05, 0.1) is 7.11 Å². The highest BCUT2D eigenvalue weighted by Crippen LogP contribution is 2.25. The van der Waals surface area contributed by atoms with Gasteiger partial charge in [-0.25, -0.2) is 4.79 Å². The molecule has 1 aromatic heterocycles. The van der Waals surface area contributed by atoms with Gasteiger partial charge in [0.15, 0.2) is 6.61 Å². The number of anilines is 1. The van der Waals surface area contributed by atoms with E-state index in [9.17, 15) is 9.59 Å². The fraction of sp³-hybridized carbons (Fsp3) is 0.111. The number of esters is 1. The molecule has 122 valence electrons. The van der Waals surface area contributed by atoms with Gasteiger partial charge in [-0.2, -0.15) is 0 Å². The van der Waals surface area contributed by atoms with E-state index >= 15 is 0 Å². The minimum absolute atomic E-state index is 0.343. The quantitative estimate of drug-likeness (QED) is 0.719. The van der Waals surface area contributed by atoms with E-state index in [4.69, 9.17) is 9.47 Å². The van der Waals surface area contributed by atoms with Crippen molar-refractivity contribution in [3.05, 3.63) is 59.5 Å². The van der Waals surface area contributed by atoms with E-state index in [-0.39, 0.29) is 6.61 Å². The molecular formula is C18H15NO4S. The molecule has 0 aliphatic carbocycles. The van der Waals surface area contributed by atoms with Gasteiger partial charge in [0.25, 0.3) is 5.91 Å². The summed E-state index contributed by atoms with van der Waals surface area (Å²) in [5, 5.41) is 3.64. The van der Waals surface area contributed by atoms with Crippen molar-refractivity contribution >= 4 is 39.0 Å². The second-order valence-electron chi connectivity index (χ2n) is 5.00. The van der Waals surface area contributed by atoms with Crippen LogP contribution in [0.4, 0.5) is 5.69 Å². The molecule has 2 aromatic carbocycles. The Hall–Kier alpha value is -2.86. The van der Waals surface area contributed by atoms with Crippen molar-refractivity contribution in [1.82, 2.24) is 0 Å². The van der Waals surface area contributed by atoms with Crippen molar-refractivity contribution in [2.45, 2.75) is 0 Å². The largest absolute Gasteiger partial charge is 0.497 e. The number of benzene rings is 2. The number of methoxy groups -OCH3 is 1. The number of carbonyl (C=O) groups excluding carboxylic acids is 2. The number of ether oxygens (including phenoxy) is 2. The second-order valence-corrected chi connectivity index (χ2v) is 6.09. The molecule has 0 atom stereocenters. The molecule has 3 aromatic rings. The molecule has 1 amide bonds. The van der Waals surface area contributed by atoms with Crippen LogP contribution >= 0.6 is 11.3 Å². The molecule has 0 saturated carbocycles. The lowest BCUT2D eigenvalue weighted by Crippen LogP contribution is -2.20. The molecule has 0 radical (unpaired) electrons. The zero-order valence-electron chi connectivity index (χ0n) is 12.9. The molecule has 0 spiro atoms. The maximum absolute atomic E-state index is 12.1. The first-order valence-electron chi connectivity index (χ1n) is 7.25. The molecule has 6 heteroatoms. The predicted octanol–water partition coefficient (Wildman–Crippen LogP) is 3.71. The van der Waals surface area contributed by atoms with Crippen molar-refractivity contribution in [3.8, 4) is 5.75 Å². The van der Waals surface area contributed by atoms with Gasteiger partial charge in [0.1, 0.15) is 10.6 Å². The lowest BCUT2D eigenvalue weighted by atomic mass is 10.2. The van der Waals surface area contributed by atoms with Crippen molar-refractivity contribution < 1.29 is 19.1 Å². The average Bonchev–Trinajstić information content (AvgIpc) is 3.04. The Balaban J connectivity index is 1.58. The Bertz CT molecular complexity index is 854. The Labute approximate surface area is 142 Å². The minimum Gasteiger partial charge on any atom is -0.497 e. The zero-order valence-corrected chi connectivity index (χ0v) is 13.8. The average molecular weight is 341 g/mol. The first-order chi connectivity index (χ1) is 11.7. The highest BCUT2D eigenvalue weighted by Gasteiger charge is 2.13. The normalized spacial score (nSPS) is 10.4. The van der Waals surface area contributed by atoms with Gasteiger partial charge in [-0.05, 0) is 29.7 Å². The van der Waals surface area contributed by atoms with Crippen molar-refractivity contribution in [2.75, 3.05) is 19.0 Å². The van der Waals surface area contributed by atoms with Crippen LogP contribution in [-0.4, -0.2) is 25.6 Å². The molecule has 0 fully saturated rings. The van der Waals surface area contributed by atoms with E-state index < -0.39 is 11.9 Å². The van der Waals surface area contributed by atoms with E-state index in [1.165, 1.54) is 11.3 Å². The summed E-state index contributed by atoms with van der Waals surface area (Å²) in [5.74, 6) is -0.273. The van der Waals surface area contributed by atoms with Gasteiger partial charge in [0, 0.05) is 16.5 Å². The molecular weight excluding hydrogens is 326 g/mol. The van der Waals surface area contributed by atoms with E-state index in [2.05, 4.69) is 5.32 Å². The summed E-state index contributed by atoms with van der Waals surface area (Å²) in [6.07, 6.45) is 0. The smallest absolute Gasteiger partial charge is 0.348 e. The van der Waals surface area contributed by atoms with Crippen molar-refractivity contribution in [2.24, 2.45) is 0 Å². The summed E-state index contributed by atoms with van der Waals surface area (Å²) in [6.45, 7) is -0.343. The van der Waals surface area contributed by atoms with E-state index in [0.29, 0.717) is 16.3 Å². The number of amides is 1. The summed E-state index contributed by atoms with van der Waals surface area (Å²) < 4.78 is 11.2. The number of hydrogen-bond acceptors (Lipinski definition) is 5. The summed E-state index contributed by atoms with van der Waals surface area (Å²) in [6, 6.07) is 16.4. The number of nitrogens with one attached hydrogen (secondary N) is 1. The van der Waals surface area contributed by atoms with Gasteiger partial charge in [-0.1, -0.05) is 24.3 Å². The molecule has 0 aliphatic rings. The van der Waals surface area contributed by atoms with Gasteiger partial charge < -0.3 is 14.8 Å². The highest BCUT2D eigenvalue weighted by molar-refractivity contribution is 7.20. The third-order valence-electron chi connectivity index (χ3n) is 3.31. The van der Waals surface area contributed by atoms with Crippen LogP contribution in [0.5, 0.6) is 5.75 Å². The maximum atomic E-state index is 12.1. The fourth-order valence-corrected chi connectivity index (χ4v) is 3.14. The summed E-state index contributed by atoms with van der Waals surface area (Å²) in [7, 11) is 1.55. The molecule has 1 N–H and O–H groups in total. The van der Waals surface area contributed by atoms with Gasteiger partial charge >= 0.3 is 5.97 Å². The molecule has 1 heterocycles. The third kappa shape index (κ3) is 3.72. The Morgan fingerprint density at radius 3 is 2.71 bits per heavy atom. The van der Waals surface area contributed by atoms with Crippen LogP contribution in [0.1, 0.15) is 9.67 Å². The van der Waals surface area contributed by atoms with Crippen LogP contribution in [0.15, 0.2) is 54.6 Å². The first kappa shape index (κ1) is 16.0. The fourth-order valence-electron chi connectivity index (χ4n) is 2.18. The zero-order chi connectivity index (χ0) is 16.9. The number of hydrogen-bond donors (Lipinski definition) is 1. The lowest BCUT2D eigenvalue weighted by Gasteiger charge is -2.07. The third-order valence-corrected chi connectivity index (χ3v) is 4.41. The molecule has 3 rings (SSSR count). The van der Waals surface area contributed by atoms with E-state index in [0.717, 1.165) is 10.1 Å². The lowest BCUT2D eigenvalue weighted by molar-refractivity contribution is -0.119. The SMILES string of the molecule is COc1cccc(NC(=O)COC(=O)c2cc3ccccc3s2)c1. The molecule has 0 unspecified atom stereocenters. The second kappa shape index (κ2) is 7.14. The van der Waals surface area contributed by atoms with E-state index in [1.807, 2.05) is 24.3 Å². The molecule has 24 heavy (non-hydrogen) atoms. The van der Waals surface area contributed by atoms with Crippen molar-refractivity contribution in [1.29, 1.82) is 0 Å². The van der Waals surface area contributed by atoms with Crippen LogP contribution in [0.3, 0.4) is 0 Å². The summed E-state index contributed by atoms with van der Waals surface area (Å²) in [4.78, 5) is 24.4. The number of fused-ring (bicyclic) bond motifs is 1. The Morgan fingerprint density at radius 2 is 1.92 bits per heavy atom. The van der Waals surface area contributed by atoms with E-state index in [1.54, 1.807) is 37.4 Å². The monoisotopic (exact) mass is 341 g/mol. The predicted molar refractivity (Wildman–Crippen MR) is 93.7 cm³/mol. The molecule has 5 nitrogen and oxygen atoms in total. The minimum atomic E-state index is -0.503. The van der Waals surface area contributed by atoms with Crippen LogP contribution < -0.4 is 10.1 Å². The topological polar surface area (TPSA) is 64.6 Å². The van der Waals surface area contributed by atoms with Gasteiger partial charge in [-0.3, -0.25) is 4.79 Å². The van der Waals surface area contributed by atoms with Gasteiger partial charge in [0.2, 0.25) is 0 Å². The molecule has 0 aliphatic heterocycles. The van der Waals surface area contributed by atoms with Crippen LogP contribution in [0, 0.1) is 0 Å². The number of thiophene rings is 1. The molecule has 0 saturated heterocycles. The standard InChI is InChI=1S/C18H15NO4S/c1-22-14-7-4-6-13(10-14)19-17(20)11-23-18(21)16-9-12-5-2-3-8-15(12)24-16/h2-10H,11H2,1H3,(H,19,20). The number of carbonyl (C=O) groups is 2. The molecule has 0 bridgehead atoms. The highest BCUT2D eigenvalue weighted by atomic mass is 32.1. The van der Waals surface area contributed by atoms with Gasteiger partial charge in [-0.15, -0.1) is 11.3 Å². The summed E-state index contributed by atoms with van der Waals surface area (Å²) >= 11 is 1.34. The summed E-state index contributed by atoms with van der Waals surface area (Å²) in [5.41, 5.74) is 0.581. The first-order valence-corrected chi connectivity index (χ1v) is 8.07. The van der Waals surface area contributed by atoms with Crippen LogP contribution in [0.2, 0.25) is 0 Å². The number of rotatable bonds is 5. The Morgan fingerprint density at radius 1 is 1.08 bits per heavy atom. The van der Waals surface area contributed by atoms with Crippen LogP contribution in [0.25, 0.3) is 10.1 Å². The van der Waals surface area contributed by atoms with Crippen molar-refractivity contribution in [3.63, 3.8) is 0 Å². The van der Waals surface area contributed by atoms with Crippen LogP contribution in [-0.2, 0) is 9.53 Å². The Kier molecular flexibility index (Phi) is 4.77.